The minimum atomic E-state index is -2.03. The maximum atomic E-state index is 13.3. The Kier molecular flexibility index (Phi) is 4.69. The zero-order valence-electron chi connectivity index (χ0n) is 7.94. The van der Waals surface area contributed by atoms with Gasteiger partial charge in [-0.2, -0.15) is 0 Å². The van der Waals surface area contributed by atoms with Crippen molar-refractivity contribution in [1.29, 1.82) is 0 Å². The second-order valence-corrected chi connectivity index (χ2v) is 5.24. The Balaban J connectivity index is 2.67. The zero-order valence-corrected chi connectivity index (χ0v) is 10.3. The Labute approximate surface area is 99.0 Å². The van der Waals surface area contributed by atoms with Crippen LogP contribution in [0.3, 0.4) is 0 Å². The van der Waals surface area contributed by atoms with Crippen LogP contribution in [-0.4, -0.2) is 23.9 Å². The molecule has 0 amide bonds. The van der Waals surface area contributed by atoms with Crippen LogP contribution in [0.5, 0.6) is 0 Å². The molecule has 0 radical (unpaired) electrons. The molecular weight excluding hydrogens is 287 g/mol. The monoisotopic (exact) mass is 296 g/mol. The van der Waals surface area contributed by atoms with E-state index in [1.807, 2.05) is 0 Å². The second-order valence-electron chi connectivity index (χ2n) is 2.74. The van der Waals surface area contributed by atoms with E-state index in [-0.39, 0.29) is 6.61 Å². The summed E-state index contributed by atoms with van der Waals surface area (Å²) in [5.74, 6) is -1.03. The van der Waals surface area contributed by atoms with Crippen molar-refractivity contribution >= 4 is 33.2 Å². The average molecular weight is 297 g/mol. The molecule has 1 aromatic heterocycles. The molecule has 15 heavy (non-hydrogen) atoms. The molecule has 0 bridgehead atoms. The van der Waals surface area contributed by atoms with E-state index in [9.17, 15) is 14.3 Å². The first-order chi connectivity index (χ1) is 7.06. The van der Waals surface area contributed by atoms with Gasteiger partial charge in [-0.05, 0) is 35.0 Å². The van der Waals surface area contributed by atoms with E-state index in [0.29, 0.717) is 4.88 Å². The molecule has 1 rings (SSSR count). The van der Waals surface area contributed by atoms with Gasteiger partial charge < -0.3 is 9.84 Å². The van der Waals surface area contributed by atoms with E-state index >= 15 is 0 Å². The van der Waals surface area contributed by atoms with Gasteiger partial charge in [0, 0.05) is 4.88 Å². The lowest BCUT2D eigenvalue weighted by Crippen LogP contribution is -2.25. The number of alkyl halides is 1. The predicted octanol–water partition coefficient (Wildman–Crippen LogP) is 2.45. The Morgan fingerprint density at radius 3 is 2.87 bits per heavy atom. The van der Waals surface area contributed by atoms with Crippen LogP contribution in [0, 0.1) is 0 Å². The van der Waals surface area contributed by atoms with Crippen molar-refractivity contribution in [3.05, 3.63) is 20.8 Å². The van der Waals surface area contributed by atoms with Gasteiger partial charge in [-0.15, -0.1) is 11.3 Å². The Morgan fingerprint density at radius 2 is 2.40 bits per heavy atom. The number of carbonyl (C=O) groups is 1. The minimum Gasteiger partial charge on any atom is -0.464 e. The van der Waals surface area contributed by atoms with E-state index in [1.165, 1.54) is 11.3 Å². The number of rotatable bonds is 4. The van der Waals surface area contributed by atoms with Crippen molar-refractivity contribution in [2.24, 2.45) is 0 Å². The van der Waals surface area contributed by atoms with Gasteiger partial charge in [0.15, 0.2) is 0 Å². The highest BCUT2D eigenvalue weighted by molar-refractivity contribution is 9.11. The SMILES string of the molecule is CCOC(=O)C(F)C(O)c1ccc(Br)s1. The molecule has 0 aromatic carbocycles. The maximum Gasteiger partial charge on any atom is 0.343 e. The number of hydrogen-bond donors (Lipinski definition) is 1. The van der Waals surface area contributed by atoms with Gasteiger partial charge in [0.05, 0.1) is 10.4 Å². The van der Waals surface area contributed by atoms with Crippen LogP contribution in [0.25, 0.3) is 0 Å². The lowest BCUT2D eigenvalue weighted by atomic mass is 10.2. The van der Waals surface area contributed by atoms with Gasteiger partial charge in [0.1, 0.15) is 6.10 Å². The third-order valence-corrected chi connectivity index (χ3v) is 3.37. The smallest absolute Gasteiger partial charge is 0.343 e. The summed E-state index contributed by atoms with van der Waals surface area (Å²) in [5, 5.41) is 9.51. The summed E-state index contributed by atoms with van der Waals surface area (Å²) < 4.78 is 18.6. The maximum absolute atomic E-state index is 13.3. The summed E-state index contributed by atoms with van der Waals surface area (Å²) >= 11 is 4.36. The molecule has 1 N–H and O–H groups in total. The normalized spacial score (nSPS) is 14.7. The van der Waals surface area contributed by atoms with Crippen LogP contribution in [0.4, 0.5) is 4.39 Å². The second kappa shape index (κ2) is 5.58. The van der Waals surface area contributed by atoms with E-state index in [4.69, 9.17) is 0 Å². The van der Waals surface area contributed by atoms with Crippen LogP contribution in [0.1, 0.15) is 17.9 Å². The number of esters is 1. The number of ether oxygens (including phenoxy) is 1. The molecule has 1 heterocycles. The fourth-order valence-corrected chi connectivity index (χ4v) is 2.41. The first kappa shape index (κ1) is 12.6. The lowest BCUT2D eigenvalue weighted by Gasteiger charge is -2.12. The van der Waals surface area contributed by atoms with Crippen molar-refractivity contribution in [3.63, 3.8) is 0 Å². The summed E-state index contributed by atoms with van der Waals surface area (Å²) in [6.45, 7) is 1.68. The largest absolute Gasteiger partial charge is 0.464 e. The molecule has 0 spiro atoms. The molecule has 0 saturated heterocycles. The molecule has 0 aliphatic heterocycles. The topological polar surface area (TPSA) is 46.5 Å². The van der Waals surface area contributed by atoms with Gasteiger partial charge in [-0.1, -0.05) is 0 Å². The minimum absolute atomic E-state index is 0.0973. The first-order valence-electron chi connectivity index (χ1n) is 4.30. The number of thiophene rings is 1. The highest BCUT2D eigenvalue weighted by atomic mass is 79.9. The van der Waals surface area contributed by atoms with E-state index < -0.39 is 18.2 Å². The van der Waals surface area contributed by atoms with Crippen LogP contribution in [0.15, 0.2) is 15.9 Å². The average Bonchev–Trinajstić information content (AvgIpc) is 2.63. The van der Waals surface area contributed by atoms with Crippen molar-refractivity contribution < 1.29 is 19.0 Å². The summed E-state index contributed by atoms with van der Waals surface area (Å²) in [4.78, 5) is 11.4. The van der Waals surface area contributed by atoms with Crippen molar-refractivity contribution in [3.8, 4) is 0 Å². The number of aliphatic hydroxyl groups is 1. The Bertz CT molecular complexity index is 342. The number of hydrogen-bond acceptors (Lipinski definition) is 4. The molecule has 0 aliphatic carbocycles. The van der Waals surface area contributed by atoms with Gasteiger partial charge in [0.25, 0.3) is 0 Å². The van der Waals surface area contributed by atoms with Crippen LogP contribution < -0.4 is 0 Å². The predicted molar refractivity (Wildman–Crippen MR) is 58.5 cm³/mol. The molecule has 6 heteroatoms. The highest BCUT2D eigenvalue weighted by Gasteiger charge is 2.29. The van der Waals surface area contributed by atoms with Crippen molar-refractivity contribution in [1.82, 2.24) is 0 Å². The van der Waals surface area contributed by atoms with Gasteiger partial charge in [-0.25, -0.2) is 9.18 Å². The standard InChI is InChI=1S/C9H10BrFO3S/c1-2-14-9(13)7(11)8(12)5-3-4-6(10)15-5/h3-4,7-8,12H,2H2,1H3. The zero-order chi connectivity index (χ0) is 11.4. The molecular formula is C9H10BrFO3S. The molecule has 1 aromatic rings. The van der Waals surface area contributed by atoms with Crippen molar-refractivity contribution in [2.75, 3.05) is 6.61 Å². The van der Waals surface area contributed by atoms with E-state index in [2.05, 4.69) is 20.7 Å². The highest BCUT2D eigenvalue weighted by Crippen LogP contribution is 2.30. The Hall–Kier alpha value is -0.460. The molecule has 3 nitrogen and oxygen atoms in total. The first-order valence-corrected chi connectivity index (χ1v) is 5.91. The summed E-state index contributed by atoms with van der Waals surface area (Å²) in [5.41, 5.74) is 0. The third-order valence-electron chi connectivity index (χ3n) is 1.67. The summed E-state index contributed by atoms with van der Waals surface area (Å²) in [6, 6.07) is 3.24. The van der Waals surface area contributed by atoms with E-state index in [0.717, 1.165) is 3.79 Å². The number of halogens is 2. The lowest BCUT2D eigenvalue weighted by molar-refractivity contribution is -0.153. The molecule has 2 atom stereocenters. The van der Waals surface area contributed by atoms with Gasteiger partial charge >= 0.3 is 5.97 Å². The summed E-state index contributed by atoms with van der Waals surface area (Å²) in [6.07, 6.45) is -3.49. The van der Waals surface area contributed by atoms with E-state index in [1.54, 1.807) is 19.1 Å². The third kappa shape index (κ3) is 3.25. The fraction of sp³-hybridized carbons (Fsp3) is 0.444. The molecule has 84 valence electrons. The van der Waals surface area contributed by atoms with Gasteiger partial charge in [0.2, 0.25) is 6.17 Å². The Morgan fingerprint density at radius 1 is 1.73 bits per heavy atom. The molecule has 2 unspecified atom stereocenters. The quantitative estimate of drug-likeness (QED) is 0.868. The molecule has 0 aliphatic rings. The van der Waals surface area contributed by atoms with Crippen LogP contribution in [-0.2, 0) is 9.53 Å². The van der Waals surface area contributed by atoms with Crippen LogP contribution in [0.2, 0.25) is 0 Å². The summed E-state index contributed by atoms with van der Waals surface area (Å²) in [7, 11) is 0. The fourth-order valence-electron chi connectivity index (χ4n) is 0.982. The number of aliphatic hydroxyl groups excluding tert-OH is 1. The van der Waals surface area contributed by atoms with Gasteiger partial charge in [-0.3, -0.25) is 0 Å². The van der Waals surface area contributed by atoms with Crippen LogP contribution >= 0.6 is 27.3 Å². The van der Waals surface area contributed by atoms with Crippen molar-refractivity contribution in [2.45, 2.75) is 19.2 Å². The molecule has 0 saturated carbocycles. The number of carbonyl (C=O) groups excluding carboxylic acids is 1. The molecule has 0 fully saturated rings.